The summed E-state index contributed by atoms with van der Waals surface area (Å²) in [5, 5.41) is 4.08. The fraction of sp³-hybridized carbons (Fsp3) is 0.688. The molecule has 3 rings (SSSR count). The molecule has 2 heterocycles. The molecule has 1 saturated heterocycles. The van der Waals surface area contributed by atoms with Crippen LogP contribution in [0.4, 0.5) is 0 Å². The van der Waals surface area contributed by atoms with Crippen LogP contribution in [0.2, 0.25) is 0 Å². The van der Waals surface area contributed by atoms with E-state index in [2.05, 4.69) is 35.5 Å². The Bertz CT molecular complexity index is 516. The minimum Gasteiger partial charge on any atom is -0.317 e. The van der Waals surface area contributed by atoms with Crippen LogP contribution >= 0.6 is 23.1 Å². The van der Waals surface area contributed by atoms with Crippen molar-refractivity contribution in [3.8, 4) is 0 Å². The predicted molar refractivity (Wildman–Crippen MR) is 90.8 cm³/mol. The molecule has 4 atom stereocenters. The first kappa shape index (κ1) is 15.4. The normalized spacial score (nSPS) is 33.7. The first-order chi connectivity index (χ1) is 10.1. The smallest absolute Gasteiger partial charge is 0.241 e. The fourth-order valence-electron chi connectivity index (χ4n) is 3.58. The van der Waals surface area contributed by atoms with E-state index in [4.69, 9.17) is 0 Å². The summed E-state index contributed by atoms with van der Waals surface area (Å²) in [6.45, 7) is 4.12. The standard InChI is InChI=1S/C16H24N2OS2/c1-10-8-9-14(21-10)15-17-11(2)16(19)18(15)12-6-4-5-7-13(12)20-3/h8-9,11-13,15,17H,4-7H2,1-3H3. The number of rotatable bonds is 3. The average molecular weight is 325 g/mol. The van der Waals surface area contributed by atoms with Gasteiger partial charge >= 0.3 is 0 Å². The fourth-order valence-corrected chi connectivity index (χ4v) is 5.51. The summed E-state index contributed by atoms with van der Waals surface area (Å²) in [7, 11) is 0. The first-order valence-electron chi connectivity index (χ1n) is 7.79. The van der Waals surface area contributed by atoms with E-state index in [1.54, 1.807) is 11.3 Å². The molecular weight excluding hydrogens is 300 g/mol. The third kappa shape index (κ3) is 2.88. The number of hydrogen-bond acceptors (Lipinski definition) is 4. The Labute approximate surface area is 135 Å². The Morgan fingerprint density at radius 2 is 2.10 bits per heavy atom. The van der Waals surface area contributed by atoms with E-state index in [1.165, 1.54) is 29.0 Å². The number of hydrogen-bond donors (Lipinski definition) is 1. The summed E-state index contributed by atoms with van der Waals surface area (Å²) in [6, 6.07) is 4.64. The number of carbonyl (C=O) groups excluding carboxylic acids is 1. The third-order valence-corrected chi connectivity index (χ3v) is 6.88. The number of thiophene rings is 1. The van der Waals surface area contributed by atoms with Gasteiger partial charge in [-0.2, -0.15) is 11.8 Å². The maximum Gasteiger partial charge on any atom is 0.241 e. The molecule has 2 aliphatic rings. The molecule has 0 radical (unpaired) electrons. The van der Waals surface area contributed by atoms with Gasteiger partial charge in [0.05, 0.1) is 6.04 Å². The van der Waals surface area contributed by atoms with Crippen LogP contribution < -0.4 is 5.32 Å². The van der Waals surface area contributed by atoms with Crippen molar-refractivity contribution in [3.63, 3.8) is 0 Å². The quantitative estimate of drug-likeness (QED) is 0.923. The van der Waals surface area contributed by atoms with Crippen molar-refractivity contribution in [1.82, 2.24) is 10.2 Å². The molecule has 1 aromatic heterocycles. The zero-order chi connectivity index (χ0) is 15.0. The molecule has 1 saturated carbocycles. The topological polar surface area (TPSA) is 32.3 Å². The monoisotopic (exact) mass is 324 g/mol. The molecule has 3 nitrogen and oxygen atoms in total. The van der Waals surface area contributed by atoms with Crippen LogP contribution in [0.25, 0.3) is 0 Å². The van der Waals surface area contributed by atoms with Gasteiger partial charge in [0.15, 0.2) is 0 Å². The number of nitrogens with zero attached hydrogens (tertiary/aromatic N) is 1. The number of aryl methyl sites for hydroxylation is 1. The van der Waals surface area contributed by atoms with Crippen molar-refractivity contribution in [2.24, 2.45) is 0 Å². The van der Waals surface area contributed by atoms with Crippen LogP contribution in [0.1, 0.15) is 48.5 Å². The van der Waals surface area contributed by atoms with Gasteiger partial charge in [-0.1, -0.05) is 12.8 Å². The van der Waals surface area contributed by atoms with E-state index in [0.717, 1.165) is 6.42 Å². The Kier molecular flexibility index (Phi) is 4.62. The molecule has 0 bridgehead atoms. The highest BCUT2D eigenvalue weighted by Crippen LogP contribution is 2.38. The van der Waals surface area contributed by atoms with Crippen molar-refractivity contribution < 1.29 is 4.79 Å². The molecule has 1 aliphatic carbocycles. The second-order valence-electron chi connectivity index (χ2n) is 6.11. The summed E-state index contributed by atoms with van der Waals surface area (Å²) < 4.78 is 0. The Morgan fingerprint density at radius 1 is 1.33 bits per heavy atom. The zero-order valence-electron chi connectivity index (χ0n) is 13.0. The highest BCUT2D eigenvalue weighted by atomic mass is 32.2. The van der Waals surface area contributed by atoms with Gasteiger partial charge in [-0.05, 0) is 45.1 Å². The van der Waals surface area contributed by atoms with E-state index >= 15 is 0 Å². The molecule has 21 heavy (non-hydrogen) atoms. The van der Waals surface area contributed by atoms with Crippen LogP contribution in [-0.2, 0) is 4.79 Å². The lowest BCUT2D eigenvalue weighted by Gasteiger charge is -2.39. The lowest BCUT2D eigenvalue weighted by Crippen LogP contribution is -2.47. The molecule has 4 unspecified atom stereocenters. The van der Waals surface area contributed by atoms with Gasteiger partial charge in [-0.15, -0.1) is 11.3 Å². The summed E-state index contributed by atoms with van der Waals surface area (Å²) >= 11 is 3.73. The second-order valence-corrected chi connectivity index (χ2v) is 8.51. The van der Waals surface area contributed by atoms with Crippen LogP contribution in [0.15, 0.2) is 12.1 Å². The van der Waals surface area contributed by atoms with Crippen molar-refractivity contribution in [2.75, 3.05) is 6.26 Å². The average Bonchev–Trinajstić information content (AvgIpc) is 3.04. The molecule has 116 valence electrons. The molecular formula is C16H24N2OS2. The van der Waals surface area contributed by atoms with Crippen LogP contribution in [0.3, 0.4) is 0 Å². The summed E-state index contributed by atoms with van der Waals surface area (Å²) in [4.78, 5) is 17.5. The van der Waals surface area contributed by atoms with Gasteiger partial charge in [0.1, 0.15) is 6.17 Å². The Balaban J connectivity index is 1.90. The third-order valence-electron chi connectivity index (χ3n) is 4.67. The molecule has 0 aromatic carbocycles. The van der Waals surface area contributed by atoms with E-state index in [9.17, 15) is 4.79 Å². The van der Waals surface area contributed by atoms with Gasteiger partial charge < -0.3 is 4.90 Å². The molecule has 1 aromatic rings. The maximum atomic E-state index is 12.7. The molecule has 0 spiro atoms. The van der Waals surface area contributed by atoms with Gasteiger partial charge in [0.25, 0.3) is 0 Å². The van der Waals surface area contributed by atoms with Crippen LogP contribution in [0, 0.1) is 6.92 Å². The summed E-state index contributed by atoms with van der Waals surface area (Å²) in [5.74, 6) is 0.275. The number of carbonyl (C=O) groups is 1. The highest BCUT2D eigenvalue weighted by molar-refractivity contribution is 7.99. The lowest BCUT2D eigenvalue weighted by atomic mass is 9.93. The largest absolute Gasteiger partial charge is 0.317 e. The maximum absolute atomic E-state index is 12.7. The van der Waals surface area contributed by atoms with E-state index < -0.39 is 0 Å². The van der Waals surface area contributed by atoms with E-state index in [1.807, 2.05) is 18.7 Å². The number of thioether (sulfide) groups is 1. The zero-order valence-corrected chi connectivity index (χ0v) is 14.6. The predicted octanol–water partition coefficient (Wildman–Crippen LogP) is 3.55. The summed E-state index contributed by atoms with van der Waals surface area (Å²) in [5.41, 5.74) is 0. The van der Waals surface area contributed by atoms with Crippen molar-refractivity contribution in [3.05, 3.63) is 21.9 Å². The SMILES string of the molecule is CSC1CCCCC1N1C(=O)C(C)NC1c1ccc(C)s1. The van der Waals surface area contributed by atoms with Crippen molar-refractivity contribution in [1.29, 1.82) is 0 Å². The first-order valence-corrected chi connectivity index (χ1v) is 9.89. The number of amides is 1. The molecule has 2 fully saturated rings. The van der Waals surface area contributed by atoms with Crippen LogP contribution in [-0.4, -0.2) is 34.4 Å². The van der Waals surface area contributed by atoms with Crippen molar-refractivity contribution >= 4 is 29.0 Å². The second kappa shape index (κ2) is 6.31. The van der Waals surface area contributed by atoms with E-state index in [-0.39, 0.29) is 18.1 Å². The Morgan fingerprint density at radius 3 is 2.76 bits per heavy atom. The minimum atomic E-state index is -0.0677. The molecule has 1 amide bonds. The van der Waals surface area contributed by atoms with Gasteiger partial charge in [0.2, 0.25) is 5.91 Å². The van der Waals surface area contributed by atoms with Gasteiger partial charge in [0, 0.05) is 21.0 Å². The molecule has 5 heteroatoms. The van der Waals surface area contributed by atoms with Crippen LogP contribution in [0.5, 0.6) is 0 Å². The lowest BCUT2D eigenvalue weighted by molar-refractivity contribution is -0.132. The van der Waals surface area contributed by atoms with Crippen molar-refractivity contribution in [2.45, 2.75) is 63.0 Å². The minimum absolute atomic E-state index is 0.0677. The highest BCUT2D eigenvalue weighted by Gasteiger charge is 2.44. The Hall–Kier alpha value is -0.520. The van der Waals surface area contributed by atoms with Gasteiger partial charge in [-0.3, -0.25) is 10.1 Å². The molecule has 1 aliphatic heterocycles. The van der Waals surface area contributed by atoms with E-state index in [0.29, 0.717) is 11.3 Å². The number of nitrogens with one attached hydrogen (secondary N) is 1. The van der Waals surface area contributed by atoms with Gasteiger partial charge in [-0.25, -0.2) is 0 Å². The summed E-state index contributed by atoms with van der Waals surface area (Å²) in [6.07, 6.45) is 7.19. The molecule has 1 N–H and O–H groups in total.